The third-order valence-corrected chi connectivity index (χ3v) is 8.58. The Balaban J connectivity index is 1.79. The number of hydrogen-bond acceptors (Lipinski definition) is 3. The number of fused-ring (bicyclic) bond motifs is 5. The minimum absolute atomic E-state index is 0.0874. The van der Waals surface area contributed by atoms with Crippen LogP contribution in [0.2, 0.25) is 0 Å². The third-order valence-electron chi connectivity index (χ3n) is 7.60. The van der Waals surface area contributed by atoms with Gasteiger partial charge in [0.25, 0.3) is 0 Å². The van der Waals surface area contributed by atoms with E-state index in [1.54, 1.807) is 17.8 Å². The molecule has 0 aromatic heterocycles. The molecule has 6 atom stereocenters. The molecule has 26 heavy (non-hydrogen) atoms. The average molecular weight is 375 g/mol. The van der Waals surface area contributed by atoms with Crippen molar-refractivity contribution in [3.05, 3.63) is 34.8 Å². The van der Waals surface area contributed by atoms with Gasteiger partial charge in [-0.3, -0.25) is 9.59 Å². The number of thioether (sulfide) groups is 1. The van der Waals surface area contributed by atoms with Gasteiger partial charge in [-0.25, -0.2) is 4.39 Å². The van der Waals surface area contributed by atoms with Crippen LogP contribution in [0.3, 0.4) is 0 Å². The molecule has 0 N–H and O–H groups in total. The molecule has 0 aromatic carbocycles. The molecule has 4 rings (SSSR count). The molecule has 0 aliphatic heterocycles. The van der Waals surface area contributed by atoms with Gasteiger partial charge in [-0.1, -0.05) is 33.4 Å². The van der Waals surface area contributed by atoms with Gasteiger partial charge in [0.1, 0.15) is 0 Å². The molecule has 2 nitrogen and oxygen atoms in total. The van der Waals surface area contributed by atoms with E-state index >= 15 is 0 Å². The van der Waals surface area contributed by atoms with Crippen molar-refractivity contribution in [2.24, 2.45) is 28.6 Å². The van der Waals surface area contributed by atoms with Crippen LogP contribution in [0.15, 0.2) is 34.8 Å². The van der Waals surface area contributed by atoms with Crippen LogP contribution < -0.4 is 0 Å². The summed E-state index contributed by atoms with van der Waals surface area (Å²) in [6, 6.07) is 0. The van der Waals surface area contributed by atoms with Gasteiger partial charge in [-0.15, -0.1) is 11.8 Å². The van der Waals surface area contributed by atoms with E-state index in [2.05, 4.69) is 26.5 Å². The second-order valence-electron chi connectivity index (χ2n) is 8.83. The van der Waals surface area contributed by atoms with Gasteiger partial charge in [0.15, 0.2) is 17.7 Å². The Kier molecular flexibility index (Phi) is 4.15. The van der Waals surface area contributed by atoms with Gasteiger partial charge in [0.2, 0.25) is 0 Å². The van der Waals surface area contributed by atoms with E-state index in [0.717, 1.165) is 41.1 Å². The fourth-order valence-electron chi connectivity index (χ4n) is 6.37. The number of rotatable bonds is 2. The van der Waals surface area contributed by atoms with Crippen molar-refractivity contribution in [3.8, 4) is 0 Å². The molecule has 0 bridgehead atoms. The second-order valence-corrected chi connectivity index (χ2v) is 10.1. The summed E-state index contributed by atoms with van der Waals surface area (Å²) in [6.45, 7) is 10.6. The number of carbonyl (C=O) groups excluding carboxylic acids is 2. The van der Waals surface area contributed by atoms with Crippen molar-refractivity contribution in [1.29, 1.82) is 0 Å². The molecular weight excluding hydrogens is 347 g/mol. The Bertz CT molecular complexity index is 766. The number of Topliss-reactive ketones (excluding diaryl/α,β-unsaturated/α-hetero) is 1. The normalized spacial score (nSPS) is 44.8. The van der Waals surface area contributed by atoms with Crippen LogP contribution in [-0.2, 0) is 9.59 Å². The minimum Gasteiger partial charge on any atom is -0.296 e. The lowest BCUT2D eigenvalue weighted by molar-refractivity contribution is -0.134. The van der Waals surface area contributed by atoms with Crippen molar-refractivity contribution in [2.75, 3.05) is 5.75 Å². The van der Waals surface area contributed by atoms with E-state index in [1.165, 1.54) is 0 Å². The Labute approximate surface area is 159 Å². The van der Waals surface area contributed by atoms with Crippen LogP contribution in [0.25, 0.3) is 0 Å². The first-order valence-electron chi connectivity index (χ1n) is 9.71. The van der Waals surface area contributed by atoms with Crippen molar-refractivity contribution >= 4 is 23.3 Å². The fourth-order valence-corrected chi connectivity index (χ4v) is 7.37. The summed E-state index contributed by atoms with van der Waals surface area (Å²) in [7, 11) is 0. The van der Waals surface area contributed by atoms with Crippen LogP contribution in [0.4, 0.5) is 4.39 Å². The molecule has 0 radical (unpaired) electrons. The van der Waals surface area contributed by atoms with Crippen LogP contribution in [0.1, 0.15) is 46.5 Å². The summed E-state index contributed by atoms with van der Waals surface area (Å²) < 4.78 is 14.3. The second kappa shape index (κ2) is 5.92. The Morgan fingerprint density at radius 3 is 2.73 bits per heavy atom. The van der Waals surface area contributed by atoms with E-state index in [4.69, 9.17) is 0 Å². The predicted octanol–water partition coefficient (Wildman–Crippen LogP) is 5.06. The number of hydrogen-bond donors (Lipinski definition) is 0. The minimum atomic E-state index is -1.31. The summed E-state index contributed by atoms with van der Waals surface area (Å²) in [5, 5.41) is 0. The quantitative estimate of drug-likeness (QED) is 0.678. The molecule has 0 amide bonds. The molecule has 4 heteroatoms. The van der Waals surface area contributed by atoms with Gasteiger partial charge < -0.3 is 0 Å². The molecule has 0 heterocycles. The molecule has 0 unspecified atom stereocenters. The fraction of sp³-hybridized carbons (Fsp3) is 0.636. The number of allylic oxidation sites excluding steroid dienone is 5. The first-order chi connectivity index (χ1) is 12.2. The standard InChI is InChI=1S/C22H27FO2S/c1-5-26-19-17(24)7-9-21(3)14-6-8-22(4)15(11-16(23)20(22)25)13(14)10-12(2)18(19)21/h7,9,13-16H,2,5-6,8,10-11H2,1,3-4H3/t13-,14+,15+,16+,21-,22+/m1/s1. The van der Waals surface area contributed by atoms with Crippen LogP contribution in [0.5, 0.6) is 0 Å². The van der Waals surface area contributed by atoms with Gasteiger partial charge in [-0.05, 0) is 66.4 Å². The zero-order valence-corrected chi connectivity index (χ0v) is 16.6. The van der Waals surface area contributed by atoms with E-state index in [9.17, 15) is 14.0 Å². The lowest BCUT2D eigenvalue weighted by Gasteiger charge is -2.56. The molecule has 0 aromatic rings. The topological polar surface area (TPSA) is 34.1 Å². The highest BCUT2D eigenvalue weighted by molar-refractivity contribution is 8.04. The van der Waals surface area contributed by atoms with Crippen molar-refractivity contribution in [1.82, 2.24) is 0 Å². The summed E-state index contributed by atoms with van der Waals surface area (Å²) in [6.07, 6.45) is 5.29. The number of halogens is 1. The Morgan fingerprint density at radius 2 is 2.04 bits per heavy atom. The van der Waals surface area contributed by atoms with Crippen molar-refractivity contribution in [3.63, 3.8) is 0 Å². The van der Waals surface area contributed by atoms with Gasteiger partial charge in [0, 0.05) is 10.8 Å². The Morgan fingerprint density at radius 1 is 1.31 bits per heavy atom. The largest absolute Gasteiger partial charge is 0.296 e. The van der Waals surface area contributed by atoms with E-state index < -0.39 is 11.6 Å². The lowest BCUT2D eigenvalue weighted by Crippen LogP contribution is -2.50. The molecule has 4 aliphatic carbocycles. The maximum Gasteiger partial charge on any atom is 0.192 e. The van der Waals surface area contributed by atoms with Crippen LogP contribution in [-0.4, -0.2) is 23.5 Å². The molecule has 140 valence electrons. The molecular formula is C22H27FO2S. The maximum absolute atomic E-state index is 14.3. The molecule has 3 saturated carbocycles. The zero-order valence-electron chi connectivity index (χ0n) is 15.8. The maximum atomic E-state index is 14.3. The van der Waals surface area contributed by atoms with Crippen LogP contribution >= 0.6 is 11.8 Å². The third kappa shape index (κ3) is 2.23. The smallest absolute Gasteiger partial charge is 0.192 e. The first kappa shape index (κ1) is 18.2. The molecule has 3 fully saturated rings. The highest BCUT2D eigenvalue weighted by Crippen LogP contribution is 2.65. The molecule has 0 saturated heterocycles. The highest BCUT2D eigenvalue weighted by atomic mass is 32.2. The van der Waals surface area contributed by atoms with Gasteiger partial charge >= 0.3 is 0 Å². The number of alkyl halides is 1. The SMILES string of the molecule is C=C1C[C@@H]2[C@H](CC[C@]3(C)C(=O)[C@@H](F)C[C@@H]23)[C@@]2(C)C=CC(=O)C(SCC)=C12. The number of ketones is 2. The number of carbonyl (C=O) groups is 2. The van der Waals surface area contributed by atoms with Crippen molar-refractivity contribution in [2.45, 2.75) is 52.6 Å². The predicted molar refractivity (Wildman–Crippen MR) is 104 cm³/mol. The summed E-state index contributed by atoms with van der Waals surface area (Å²) >= 11 is 1.61. The monoisotopic (exact) mass is 374 g/mol. The van der Waals surface area contributed by atoms with Gasteiger partial charge in [-0.2, -0.15) is 0 Å². The van der Waals surface area contributed by atoms with E-state index in [-0.39, 0.29) is 28.8 Å². The summed E-state index contributed by atoms with van der Waals surface area (Å²) in [5.41, 5.74) is 1.38. The molecule has 4 aliphatic rings. The lowest BCUT2D eigenvalue weighted by atomic mass is 9.48. The van der Waals surface area contributed by atoms with Crippen molar-refractivity contribution < 1.29 is 14.0 Å². The first-order valence-corrected chi connectivity index (χ1v) is 10.7. The summed E-state index contributed by atoms with van der Waals surface area (Å²) in [5.74, 6) is 1.46. The summed E-state index contributed by atoms with van der Waals surface area (Å²) in [4.78, 5) is 25.8. The van der Waals surface area contributed by atoms with E-state index in [0.29, 0.717) is 12.3 Å². The van der Waals surface area contributed by atoms with Crippen LogP contribution in [0, 0.1) is 28.6 Å². The van der Waals surface area contributed by atoms with Gasteiger partial charge in [0.05, 0.1) is 4.91 Å². The molecule has 0 spiro atoms. The van der Waals surface area contributed by atoms with E-state index in [1.807, 2.05) is 6.92 Å². The highest BCUT2D eigenvalue weighted by Gasteiger charge is 2.62. The average Bonchev–Trinajstić information content (AvgIpc) is 2.82. The Hall–Kier alpha value is -1.16. The zero-order chi connectivity index (χ0) is 18.9.